The van der Waals surface area contributed by atoms with E-state index in [1.165, 1.54) is 30.3 Å². The van der Waals surface area contributed by atoms with Gasteiger partial charge in [0.25, 0.3) is 0 Å². The van der Waals surface area contributed by atoms with Crippen LogP contribution in [0.2, 0.25) is 0 Å². The number of ether oxygens (including phenoxy) is 2. The smallest absolute Gasteiger partial charge is 0.238 e. The van der Waals surface area contributed by atoms with Gasteiger partial charge in [0, 0.05) is 46.6 Å². The molecule has 1 heterocycles. The molecule has 0 spiro atoms. The van der Waals surface area contributed by atoms with Crippen LogP contribution in [-0.2, 0) is 4.79 Å². The van der Waals surface area contributed by atoms with Gasteiger partial charge in [0.05, 0.1) is 23.1 Å². The Kier molecular flexibility index (Phi) is 4.06. The largest absolute Gasteiger partial charge is 0.493 e. The molecule has 31 heavy (non-hydrogen) atoms. The van der Waals surface area contributed by atoms with E-state index in [2.05, 4.69) is 5.32 Å². The number of anilines is 1. The zero-order chi connectivity index (χ0) is 33.3. The number of methoxy groups -OCH3 is 1. The minimum Gasteiger partial charge on any atom is -0.493 e. The fourth-order valence-electron chi connectivity index (χ4n) is 3.05. The second-order valence-electron chi connectivity index (χ2n) is 6.87. The maximum atomic E-state index is 13.1. The molecule has 1 amide bonds. The van der Waals surface area contributed by atoms with E-state index in [1.54, 1.807) is 4.90 Å². The second-order valence-corrected chi connectivity index (χ2v) is 6.87. The first kappa shape index (κ1) is 11.3. The van der Waals surface area contributed by atoms with E-state index in [0.717, 1.165) is 17.0 Å². The fraction of sp³-hybridized carbons (Fsp3) is 0.458. The molecular weight excluding hydrogens is 394 g/mol. The van der Waals surface area contributed by atoms with Gasteiger partial charge in [0.1, 0.15) is 12.7 Å². The van der Waals surface area contributed by atoms with E-state index in [1.807, 2.05) is 0 Å². The Morgan fingerprint density at radius 2 is 1.77 bits per heavy atom. The number of hydrogen-bond donors (Lipinski definition) is 2. The number of nitrogens with one attached hydrogen (secondary N) is 1. The maximum absolute atomic E-state index is 13.1. The molecule has 1 aliphatic heterocycles. The molecule has 168 valence electrons. The number of para-hydroxylation sites is 3. The summed E-state index contributed by atoms with van der Waals surface area (Å²) >= 11 is 0. The van der Waals surface area contributed by atoms with Gasteiger partial charge >= 0.3 is 0 Å². The summed E-state index contributed by atoms with van der Waals surface area (Å²) in [4.78, 5) is 15.9. The summed E-state index contributed by atoms with van der Waals surface area (Å²) in [6.45, 7) is -11.1. The quantitative estimate of drug-likeness (QED) is 0.623. The lowest BCUT2D eigenvalue weighted by Crippen LogP contribution is -2.50. The molecule has 2 N–H and O–H groups in total. The van der Waals surface area contributed by atoms with E-state index < -0.39 is 62.6 Å². The Labute approximate surface area is 202 Å². The van der Waals surface area contributed by atoms with Crippen LogP contribution in [0.15, 0.2) is 42.5 Å². The minimum absolute atomic E-state index is 0.0563. The number of β-amino-alcohol motifs (C(OH)–C–C–N with tert-alkyl or cyclic N) is 1. The molecular formula is C24H33N3O4. The zero-order valence-corrected chi connectivity index (χ0v) is 16.7. The average Bonchev–Trinajstić information content (AvgIpc) is 2.88. The van der Waals surface area contributed by atoms with Crippen LogP contribution in [0.3, 0.4) is 0 Å². The Morgan fingerprint density at radius 3 is 2.45 bits per heavy atom. The molecule has 2 aromatic rings. The first-order valence-corrected chi connectivity index (χ1v) is 9.60. The lowest BCUT2D eigenvalue weighted by atomic mass is 10.1. The van der Waals surface area contributed by atoms with Crippen molar-refractivity contribution >= 4 is 11.6 Å². The molecule has 1 saturated heterocycles. The van der Waals surface area contributed by atoms with Crippen LogP contribution in [0.1, 0.15) is 28.9 Å². The molecule has 0 radical (unpaired) electrons. The summed E-state index contributed by atoms with van der Waals surface area (Å²) in [5.74, 6) is -1.75. The number of piperazine rings is 1. The van der Waals surface area contributed by atoms with Gasteiger partial charge < -0.3 is 19.9 Å². The molecule has 1 unspecified atom stereocenters. The Hall–Kier alpha value is -2.61. The molecule has 0 aliphatic carbocycles. The second kappa shape index (κ2) is 11.1. The topological polar surface area (TPSA) is 74.3 Å². The van der Waals surface area contributed by atoms with Gasteiger partial charge in [-0.05, 0) is 37.0 Å². The molecule has 7 heteroatoms. The van der Waals surface area contributed by atoms with Gasteiger partial charge in [-0.25, -0.2) is 0 Å². The number of aryl methyl sites for hydroxylation is 2. The van der Waals surface area contributed by atoms with E-state index in [9.17, 15) is 9.90 Å². The van der Waals surface area contributed by atoms with Gasteiger partial charge in [-0.15, -0.1) is 0 Å². The predicted octanol–water partition coefficient (Wildman–Crippen LogP) is 2.31. The summed E-state index contributed by atoms with van der Waals surface area (Å²) < 4.78 is 112. The summed E-state index contributed by atoms with van der Waals surface area (Å²) in [5.41, 5.74) is -1.40. The maximum Gasteiger partial charge on any atom is 0.238 e. The van der Waals surface area contributed by atoms with E-state index in [4.69, 9.17) is 27.3 Å². The van der Waals surface area contributed by atoms with Crippen molar-refractivity contribution in [2.45, 2.75) is 19.8 Å². The molecule has 0 saturated carbocycles. The number of carbonyl (C=O) groups excluding carboxylic acids is 1. The Morgan fingerprint density at radius 1 is 1.10 bits per heavy atom. The number of nitrogens with zero attached hydrogens (tertiary/aromatic N) is 2. The standard InChI is InChI=1S/C24H33N3O4/c1-18-7-6-8-19(2)24(18)25-23(29)16-27-13-11-26(12-14-27)15-20(28)17-31-22-10-5-4-9-21(22)30-3/h4-10,20,28H,11-17H2,1-3H3,(H,25,29)/i1D3,2D3,3D3,16D2,17D2. The van der Waals surface area contributed by atoms with E-state index >= 15 is 0 Å². The highest BCUT2D eigenvalue weighted by molar-refractivity contribution is 5.93. The lowest BCUT2D eigenvalue weighted by molar-refractivity contribution is -0.117. The summed E-state index contributed by atoms with van der Waals surface area (Å²) in [7, 11) is -2.82. The highest BCUT2D eigenvalue weighted by Crippen LogP contribution is 2.25. The highest BCUT2D eigenvalue weighted by atomic mass is 16.5. The first-order chi connectivity index (χ1) is 20.0. The zero-order valence-electron chi connectivity index (χ0n) is 29.7. The predicted molar refractivity (Wildman–Crippen MR) is 122 cm³/mol. The fourth-order valence-corrected chi connectivity index (χ4v) is 3.05. The van der Waals surface area contributed by atoms with Crippen LogP contribution in [0.4, 0.5) is 5.69 Å². The van der Waals surface area contributed by atoms with Crippen LogP contribution in [0, 0.1) is 13.7 Å². The van der Waals surface area contributed by atoms with Gasteiger partial charge in [-0.3, -0.25) is 14.6 Å². The van der Waals surface area contributed by atoms with Crippen LogP contribution >= 0.6 is 0 Å². The number of rotatable bonds is 9. The van der Waals surface area contributed by atoms with Crippen molar-refractivity contribution in [1.29, 1.82) is 0 Å². The molecule has 2 aromatic carbocycles. The van der Waals surface area contributed by atoms with Crippen molar-refractivity contribution in [2.24, 2.45) is 0 Å². The molecule has 7 nitrogen and oxygen atoms in total. The van der Waals surface area contributed by atoms with Crippen molar-refractivity contribution in [3.63, 3.8) is 0 Å². The number of carbonyl (C=O) groups is 1. The molecule has 3 rings (SSSR count). The number of aliphatic hydroxyl groups excluding tert-OH is 1. The number of hydrogen-bond acceptors (Lipinski definition) is 6. The van der Waals surface area contributed by atoms with Crippen LogP contribution in [0.5, 0.6) is 11.5 Å². The van der Waals surface area contributed by atoms with Crippen LogP contribution in [-0.4, -0.2) is 79.7 Å². The minimum atomic E-state index is -2.82. The Balaban J connectivity index is 1.66. The normalized spacial score (nSPS) is 24.4. The van der Waals surface area contributed by atoms with Gasteiger partial charge in [-0.1, -0.05) is 30.3 Å². The third-order valence-electron chi connectivity index (χ3n) is 4.63. The molecule has 0 aromatic heterocycles. The third kappa shape index (κ3) is 6.69. The average molecular weight is 441 g/mol. The van der Waals surface area contributed by atoms with Crippen molar-refractivity contribution in [3.05, 3.63) is 53.6 Å². The van der Waals surface area contributed by atoms with Crippen molar-refractivity contribution in [3.8, 4) is 11.5 Å². The summed E-state index contributed by atoms with van der Waals surface area (Å²) in [6.07, 6.45) is -1.73. The first-order valence-electron chi connectivity index (χ1n) is 16.1. The molecule has 0 bridgehead atoms. The van der Waals surface area contributed by atoms with Crippen molar-refractivity contribution in [1.82, 2.24) is 9.80 Å². The van der Waals surface area contributed by atoms with E-state index in [-0.39, 0.29) is 44.2 Å². The molecule has 1 aliphatic rings. The Bertz CT molecular complexity index is 1280. The number of aliphatic hydroxyl groups is 1. The SMILES string of the molecule is [2H]C([2H])([2H])Oc1ccccc1OC([2H])([2H])C(O)CN1CCN(C([2H])([2H])C(=O)Nc2c(C([2H])([2H])[2H])cccc2C([2H])([2H])[2H])CC1. The van der Waals surface area contributed by atoms with Crippen molar-refractivity contribution < 1.29 is 37.2 Å². The van der Waals surface area contributed by atoms with Gasteiger partial charge in [-0.2, -0.15) is 0 Å². The third-order valence-corrected chi connectivity index (χ3v) is 4.63. The van der Waals surface area contributed by atoms with Crippen LogP contribution in [0.25, 0.3) is 0 Å². The summed E-state index contributed by atoms with van der Waals surface area (Å²) in [5, 5.41) is 12.8. The van der Waals surface area contributed by atoms with Crippen LogP contribution < -0.4 is 14.8 Å². The van der Waals surface area contributed by atoms with E-state index in [0.29, 0.717) is 0 Å². The number of benzene rings is 2. The highest BCUT2D eigenvalue weighted by Gasteiger charge is 2.21. The molecule has 1 atom stereocenters. The number of amides is 1. The van der Waals surface area contributed by atoms with Crippen molar-refractivity contribution in [2.75, 3.05) is 58.1 Å². The summed E-state index contributed by atoms with van der Waals surface area (Å²) in [6, 6.07) is 9.01. The van der Waals surface area contributed by atoms with Gasteiger partial charge in [0.15, 0.2) is 11.5 Å². The molecule has 1 fully saturated rings. The lowest BCUT2D eigenvalue weighted by Gasteiger charge is -2.35. The monoisotopic (exact) mass is 440 g/mol. The van der Waals surface area contributed by atoms with Gasteiger partial charge in [0.2, 0.25) is 5.91 Å².